The highest BCUT2D eigenvalue weighted by molar-refractivity contribution is 6.01. The molecule has 1 aliphatic rings. The first-order chi connectivity index (χ1) is 7.61. The Balaban J connectivity index is 2.32. The van der Waals surface area contributed by atoms with Crippen molar-refractivity contribution in [2.24, 2.45) is 0 Å². The Morgan fingerprint density at radius 1 is 1.56 bits per heavy atom. The molecule has 16 heavy (non-hydrogen) atoms. The lowest BCUT2D eigenvalue weighted by Gasteiger charge is -2.14. The first-order valence-corrected chi connectivity index (χ1v) is 4.96. The number of anilines is 1. The molecule has 2 rings (SSSR count). The van der Waals surface area contributed by atoms with Crippen LogP contribution < -0.4 is 9.64 Å². The van der Waals surface area contributed by atoms with Crippen LogP contribution in [0.2, 0.25) is 0 Å². The quantitative estimate of drug-likeness (QED) is 0.609. The van der Waals surface area contributed by atoms with Crippen molar-refractivity contribution in [1.82, 2.24) is 0 Å². The standard InChI is InChI=1S/C11H11NO4/c1-2-12-9-4-3-8(16-11(14)15)5-7(9)6-10(12)13/h3-5H,2,6H2,1H3,(H,14,15). The van der Waals surface area contributed by atoms with Crippen LogP contribution in [0.1, 0.15) is 12.5 Å². The third kappa shape index (κ3) is 1.71. The number of hydrogen-bond donors (Lipinski definition) is 1. The zero-order chi connectivity index (χ0) is 11.7. The largest absolute Gasteiger partial charge is 0.511 e. The Morgan fingerprint density at radius 2 is 2.31 bits per heavy atom. The van der Waals surface area contributed by atoms with E-state index in [1.807, 2.05) is 6.92 Å². The second kappa shape index (κ2) is 3.84. The Hall–Kier alpha value is -2.04. The summed E-state index contributed by atoms with van der Waals surface area (Å²) in [4.78, 5) is 23.6. The maximum Gasteiger partial charge on any atom is 0.511 e. The normalized spacial score (nSPS) is 13.8. The molecule has 1 aromatic rings. The van der Waals surface area contributed by atoms with Gasteiger partial charge < -0.3 is 14.7 Å². The van der Waals surface area contributed by atoms with Crippen molar-refractivity contribution in [3.05, 3.63) is 23.8 Å². The van der Waals surface area contributed by atoms with Crippen LogP contribution >= 0.6 is 0 Å². The van der Waals surface area contributed by atoms with Gasteiger partial charge in [0.2, 0.25) is 5.91 Å². The van der Waals surface area contributed by atoms with Gasteiger partial charge in [0.1, 0.15) is 5.75 Å². The molecule has 1 amide bonds. The van der Waals surface area contributed by atoms with Crippen molar-refractivity contribution in [1.29, 1.82) is 0 Å². The predicted octanol–water partition coefficient (Wildman–Crippen LogP) is 1.65. The molecule has 0 aromatic heterocycles. The first kappa shape index (κ1) is 10.5. The Morgan fingerprint density at radius 3 is 2.94 bits per heavy atom. The maximum absolute atomic E-state index is 11.6. The molecule has 0 spiro atoms. The van der Waals surface area contributed by atoms with Crippen molar-refractivity contribution >= 4 is 17.7 Å². The number of carboxylic acid groups (broad SMARTS) is 1. The van der Waals surface area contributed by atoms with Gasteiger partial charge in [-0.2, -0.15) is 0 Å². The summed E-state index contributed by atoms with van der Waals surface area (Å²) < 4.78 is 4.53. The average molecular weight is 221 g/mol. The molecule has 5 nitrogen and oxygen atoms in total. The lowest BCUT2D eigenvalue weighted by molar-refractivity contribution is -0.117. The summed E-state index contributed by atoms with van der Waals surface area (Å²) in [5.41, 5.74) is 1.65. The molecular weight excluding hydrogens is 210 g/mol. The van der Waals surface area contributed by atoms with E-state index in [-0.39, 0.29) is 11.7 Å². The summed E-state index contributed by atoms with van der Waals surface area (Å²) in [5.74, 6) is 0.280. The molecule has 0 bridgehead atoms. The number of amides is 1. The van der Waals surface area contributed by atoms with Crippen LogP contribution in [-0.4, -0.2) is 23.7 Å². The van der Waals surface area contributed by atoms with E-state index in [2.05, 4.69) is 4.74 Å². The minimum Gasteiger partial charge on any atom is -0.449 e. The van der Waals surface area contributed by atoms with Gasteiger partial charge in [-0.25, -0.2) is 4.79 Å². The Labute approximate surface area is 92.2 Å². The molecular formula is C11H11NO4. The van der Waals surface area contributed by atoms with Gasteiger partial charge in [-0.1, -0.05) is 0 Å². The first-order valence-electron chi connectivity index (χ1n) is 4.96. The van der Waals surface area contributed by atoms with Gasteiger partial charge in [-0.3, -0.25) is 4.79 Å². The van der Waals surface area contributed by atoms with Gasteiger partial charge >= 0.3 is 6.16 Å². The van der Waals surface area contributed by atoms with E-state index in [1.54, 1.807) is 23.1 Å². The van der Waals surface area contributed by atoms with Crippen LogP contribution in [0.5, 0.6) is 5.75 Å². The summed E-state index contributed by atoms with van der Waals surface area (Å²) in [6, 6.07) is 4.85. The minimum absolute atomic E-state index is 0.0324. The number of carbonyl (C=O) groups excluding carboxylic acids is 1. The number of nitrogens with zero attached hydrogens (tertiary/aromatic N) is 1. The summed E-state index contributed by atoms with van der Waals surface area (Å²) in [5, 5.41) is 8.47. The lowest BCUT2D eigenvalue weighted by Crippen LogP contribution is -2.25. The van der Waals surface area contributed by atoms with Gasteiger partial charge in [-0.05, 0) is 30.7 Å². The van der Waals surface area contributed by atoms with Crippen molar-refractivity contribution in [3.8, 4) is 5.75 Å². The SMILES string of the molecule is CCN1C(=O)Cc2cc(OC(=O)O)ccc21. The van der Waals surface area contributed by atoms with Crippen molar-refractivity contribution in [2.45, 2.75) is 13.3 Å². The van der Waals surface area contributed by atoms with Gasteiger partial charge in [0.25, 0.3) is 0 Å². The number of carbonyl (C=O) groups is 2. The van der Waals surface area contributed by atoms with Gasteiger partial charge in [0.15, 0.2) is 0 Å². The maximum atomic E-state index is 11.6. The molecule has 1 N–H and O–H groups in total. The fraction of sp³-hybridized carbons (Fsp3) is 0.273. The molecule has 0 fully saturated rings. The molecule has 0 saturated heterocycles. The van der Waals surface area contributed by atoms with E-state index in [0.29, 0.717) is 13.0 Å². The number of ether oxygens (including phenoxy) is 1. The molecule has 1 aliphatic heterocycles. The van der Waals surface area contributed by atoms with E-state index in [1.165, 1.54) is 0 Å². The van der Waals surface area contributed by atoms with Crippen molar-refractivity contribution in [3.63, 3.8) is 0 Å². The Bertz CT molecular complexity index is 455. The van der Waals surface area contributed by atoms with E-state index >= 15 is 0 Å². The van der Waals surface area contributed by atoms with E-state index in [4.69, 9.17) is 5.11 Å². The number of fused-ring (bicyclic) bond motifs is 1. The predicted molar refractivity (Wildman–Crippen MR) is 56.8 cm³/mol. The molecule has 0 saturated carbocycles. The highest BCUT2D eigenvalue weighted by Gasteiger charge is 2.26. The summed E-state index contributed by atoms with van der Waals surface area (Å²) in [7, 11) is 0. The Kier molecular flexibility index (Phi) is 2.52. The van der Waals surface area contributed by atoms with Gasteiger partial charge in [-0.15, -0.1) is 0 Å². The van der Waals surface area contributed by atoms with Crippen LogP contribution in [0, 0.1) is 0 Å². The molecule has 0 radical (unpaired) electrons. The highest BCUT2D eigenvalue weighted by atomic mass is 16.7. The summed E-state index contributed by atoms with van der Waals surface area (Å²) in [6.07, 6.45) is -1.04. The number of hydrogen-bond acceptors (Lipinski definition) is 3. The highest BCUT2D eigenvalue weighted by Crippen LogP contribution is 2.31. The van der Waals surface area contributed by atoms with Crippen molar-refractivity contribution in [2.75, 3.05) is 11.4 Å². The molecule has 0 atom stereocenters. The van der Waals surface area contributed by atoms with Crippen LogP contribution in [0.4, 0.5) is 10.5 Å². The number of benzene rings is 1. The topological polar surface area (TPSA) is 66.8 Å². The number of rotatable bonds is 2. The third-order valence-electron chi connectivity index (χ3n) is 2.51. The monoisotopic (exact) mass is 221 g/mol. The number of likely N-dealkylation sites (N-methyl/N-ethyl adjacent to an activating group) is 1. The molecule has 1 heterocycles. The molecule has 84 valence electrons. The van der Waals surface area contributed by atoms with E-state index in [9.17, 15) is 9.59 Å². The summed E-state index contributed by atoms with van der Waals surface area (Å²) >= 11 is 0. The smallest absolute Gasteiger partial charge is 0.449 e. The molecule has 5 heteroatoms. The fourth-order valence-electron chi connectivity index (χ4n) is 1.87. The average Bonchev–Trinajstić information content (AvgIpc) is 2.51. The molecule has 1 aromatic carbocycles. The van der Waals surface area contributed by atoms with Gasteiger partial charge in [0.05, 0.1) is 6.42 Å². The fourth-order valence-corrected chi connectivity index (χ4v) is 1.87. The molecule has 0 unspecified atom stereocenters. The zero-order valence-corrected chi connectivity index (χ0v) is 8.77. The zero-order valence-electron chi connectivity index (χ0n) is 8.77. The van der Waals surface area contributed by atoms with Gasteiger partial charge in [0, 0.05) is 12.2 Å². The second-order valence-electron chi connectivity index (χ2n) is 3.47. The van der Waals surface area contributed by atoms with Crippen LogP contribution in [0.3, 0.4) is 0 Å². The second-order valence-corrected chi connectivity index (χ2v) is 3.47. The van der Waals surface area contributed by atoms with E-state index in [0.717, 1.165) is 11.3 Å². The third-order valence-corrected chi connectivity index (χ3v) is 2.51. The van der Waals surface area contributed by atoms with Crippen LogP contribution in [0.25, 0.3) is 0 Å². The lowest BCUT2D eigenvalue weighted by atomic mass is 10.1. The van der Waals surface area contributed by atoms with E-state index < -0.39 is 6.16 Å². The summed E-state index contributed by atoms with van der Waals surface area (Å²) in [6.45, 7) is 2.51. The van der Waals surface area contributed by atoms with Crippen LogP contribution in [0.15, 0.2) is 18.2 Å². The molecule has 0 aliphatic carbocycles. The van der Waals surface area contributed by atoms with Crippen molar-refractivity contribution < 1.29 is 19.4 Å². The van der Waals surface area contributed by atoms with Crippen LogP contribution in [-0.2, 0) is 11.2 Å². The minimum atomic E-state index is -1.35.